The third-order valence-corrected chi connectivity index (χ3v) is 3.53. The first-order chi connectivity index (χ1) is 9.61. The minimum Gasteiger partial charge on any atom is -0.377 e. The largest absolute Gasteiger partial charge is 0.377 e. The predicted octanol–water partition coefficient (Wildman–Crippen LogP) is 0.673. The number of nitrogens with zero attached hydrogens (tertiary/aromatic N) is 3. The lowest BCUT2D eigenvalue weighted by Crippen LogP contribution is -2.41. The number of piperidine rings is 1. The van der Waals surface area contributed by atoms with Crippen LogP contribution in [0.5, 0.6) is 0 Å². The van der Waals surface area contributed by atoms with Crippen molar-refractivity contribution in [3.05, 3.63) is 23.0 Å². The van der Waals surface area contributed by atoms with Crippen LogP contribution < -0.4 is 5.73 Å². The number of carbonyl (C=O) groups is 1. The molecule has 2 heterocycles. The molecule has 0 aliphatic carbocycles. The SMILES string of the molecule is Cc1cc(C(=O)N2CCC(OCCN)CC2)c(C)nn1. The maximum Gasteiger partial charge on any atom is 0.255 e. The van der Waals surface area contributed by atoms with Crippen LogP contribution in [-0.2, 0) is 4.74 Å². The number of ether oxygens (including phenoxy) is 1. The highest BCUT2D eigenvalue weighted by Gasteiger charge is 2.25. The summed E-state index contributed by atoms with van der Waals surface area (Å²) < 4.78 is 5.62. The summed E-state index contributed by atoms with van der Waals surface area (Å²) in [5.74, 6) is 0.0396. The smallest absolute Gasteiger partial charge is 0.255 e. The van der Waals surface area contributed by atoms with Crippen LogP contribution in [0.3, 0.4) is 0 Å². The lowest BCUT2D eigenvalue weighted by atomic mass is 10.1. The first-order valence-corrected chi connectivity index (χ1v) is 7.03. The van der Waals surface area contributed by atoms with E-state index in [0.717, 1.165) is 31.6 Å². The Morgan fingerprint density at radius 3 is 2.75 bits per heavy atom. The van der Waals surface area contributed by atoms with Gasteiger partial charge in [0, 0.05) is 19.6 Å². The van der Waals surface area contributed by atoms with Gasteiger partial charge >= 0.3 is 0 Å². The third kappa shape index (κ3) is 3.52. The second kappa shape index (κ2) is 6.76. The summed E-state index contributed by atoms with van der Waals surface area (Å²) in [6, 6.07) is 1.81. The van der Waals surface area contributed by atoms with E-state index in [9.17, 15) is 4.79 Å². The van der Waals surface area contributed by atoms with Gasteiger partial charge in [0.2, 0.25) is 0 Å². The molecule has 20 heavy (non-hydrogen) atoms. The van der Waals surface area contributed by atoms with Gasteiger partial charge in [-0.05, 0) is 32.8 Å². The van der Waals surface area contributed by atoms with Crippen LogP contribution in [0, 0.1) is 13.8 Å². The van der Waals surface area contributed by atoms with E-state index in [1.807, 2.05) is 24.8 Å². The lowest BCUT2D eigenvalue weighted by molar-refractivity contribution is 0.0121. The first kappa shape index (κ1) is 14.9. The fourth-order valence-corrected chi connectivity index (χ4v) is 2.40. The van der Waals surface area contributed by atoms with E-state index < -0.39 is 0 Å². The molecule has 0 bridgehead atoms. The monoisotopic (exact) mass is 278 g/mol. The fraction of sp³-hybridized carbons (Fsp3) is 0.643. The summed E-state index contributed by atoms with van der Waals surface area (Å²) in [6.07, 6.45) is 1.95. The molecule has 0 aromatic carbocycles. The van der Waals surface area contributed by atoms with E-state index in [-0.39, 0.29) is 12.0 Å². The van der Waals surface area contributed by atoms with Gasteiger partial charge in [-0.15, -0.1) is 0 Å². The summed E-state index contributed by atoms with van der Waals surface area (Å²) >= 11 is 0. The van der Waals surface area contributed by atoms with Crippen LogP contribution in [0.15, 0.2) is 6.07 Å². The molecule has 2 N–H and O–H groups in total. The van der Waals surface area contributed by atoms with Crippen molar-refractivity contribution in [1.29, 1.82) is 0 Å². The van der Waals surface area contributed by atoms with Crippen LogP contribution in [0.1, 0.15) is 34.6 Å². The molecule has 1 fully saturated rings. The summed E-state index contributed by atoms with van der Waals surface area (Å²) in [5, 5.41) is 7.97. The van der Waals surface area contributed by atoms with Gasteiger partial charge in [-0.25, -0.2) is 0 Å². The summed E-state index contributed by atoms with van der Waals surface area (Å²) in [5.41, 5.74) is 7.52. The number of hydrogen-bond acceptors (Lipinski definition) is 5. The Kier molecular flexibility index (Phi) is 5.03. The number of hydrogen-bond donors (Lipinski definition) is 1. The number of nitrogens with two attached hydrogens (primary N) is 1. The molecule has 0 unspecified atom stereocenters. The van der Waals surface area contributed by atoms with E-state index in [2.05, 4.69) is 10.2 Å². The van der Waals surface area contributed by atoms with E-state index in [1.165, 1.54) is 0 Å². The second-order valence-corrected chi connectivity index (χ2v) is 5.14. The van der Waals surface area contributed by atoms with E-state index in [4.69, 9.17) is 10.5 Å². The van der Waals surface area contributed by atoms with Crippen molar-refractivity contribution in [2.45, 2.75) is 32.8 Å². The molecule has 1 aliphatic heterocycles. The number of rotatable bonds is 4. The zero-order chi connectivity index (χ0) is 14.5. The van der Waals surface area contributed by atoms with Gasteiger partial charge in [0.1, 0.15) is 0 Å². The second-order valence-electron chi connectivity index (χ2n) is 5.14. The first-order valence-electron chi connectivity index (χ1n) is 7.03. The van der Waals surface area contributed by atoms with Gasteiger partial charge in [0.05, 0.1) is 29.7 Å². The van der Waals surface area contributed by atoms with Gasteiger partial charge < -0.3 is 15.4 Å². The zero-order valence-corrected chi connectivity index (χ0v) is 12.1. The highest BCUT2D eigenvalue weighted by Crippen LogP contribution is 2.17. The Morgan fingerprint density at radius 2 is 2.10 bits per heavy atom. The molecule has 1 aromatic rings. The molecule has 0 spiro atoms. The molecule has 1 aromatic heterocycles. The third-order valence-electron chi connectivity index (χ3n) is 3.53. The average Bonchev–Trinajstić information content (AvgIpc) is 2.47. The molecule has 0 radical (unpaired) electrons. The standard InChI is InChI=1S/C14H22N4O2/c1-10-9-13(11(2)17-16-10)14(19)18-6-3-12(4-7-18)20-8-5-15/h9,12H,3-8,15H2,1-2H3. The van der Waals surface area contributed by atoms with Crippen molar-refractivity contribution in [3.63, 3.8) is 0 Å². The fourth-order valence-electron chi connectivity index (χ4n) is 2.40. The molecule has 1 aliphatic rings. The number of amides is 1. The van der Waals surface area contributed by atoms with Gasteiger partial charge in [-0.3, -0.25) is 4.79 Å². The highest BCUT2D eigenvalue weighted by atomic mass is 16.5. The molecule has 6 nitrogen and oxygen atoms in total. The van der Waals surface area contributed by atoms with Gasteiger partial charge in [-0.2, -0.15) is 10.2 Å². The normalized spacial score (nSPS) is 16.4. The summed E-state index contributed by atoms with van der Waals surface area (Å²) in [7, 11) is 0. The van der Waals surface area contributed by atoms with Crippen LogP contribution in [-0.4, -0.2) is 53.3 Å². The maximum atomic E-state index is 12.5. The molecular weight excluding hydrogens is 256 g/mol. The van der Waals surface area contributed by atoms with Crippen molar-refractivity contribution < 1.29 is 9.53 Å². The highest BCUT2D eigenvalue weighted by molar-refractivity contribution is 5.95. The minimum atomic E-state index is 0.0396. The van der Waals surface area contributed by atoms with Crippen molar-refractivity contribution >= 4 is 5.91 Å². The molecule has 1 saturated heterocycles. The Labute approximate surface area is 119 Å². The van der Waals surface area contributed by atoms with Gasteiger partial charge in [-0.1, -0.05) is 0 Å². The van der Waals surface area contributed by atoms with Crippen molar-refractivity contribution in [1.82, 2.24) is 15.1 Å². The van der Waals surface area contributed by atoms with E-state index >= 15 is 0 Å². The summed E-state index contributed by atoms with van der Waals surface area (Å²) in [6.45, 7) is 6.22. The minimum absolute atomic E-state index is 0.0396. The molecule has 1 amide bonds. The van der Waals surface area contributed by atoms with Crippen molar-refractivity contribution in [2.24, 2.45) is 5.73 Å². The van der Waals surface area contributed by atoms with Gasteiger partial charge in [0.25, 0.3) is 5.91 Å². The molecular formula is C14H22N4O2. The Hall–Kier alpha value is -1.53. The number of aryl methyl sites for hydroxylation is 2. The zero-order valence-electron chi connectivity index (χ0n) is 12.1. The lowest BCUT2D eigenvalue weighted by Gasteiger charge is -2.32. The molecule has 2 rings (SSSR count). The Bertz CT molecular complexity index is 470. The van der Waals surface area contributed by atoms with E-state index in [0.29, 0.717) is 24.4 Å². The molecule has 6 heteroatoms. The molecule has 110 valence electrons. The molecule has 0 saturated carbocycles. The summed E-state index contributed by atoms with van der Waals surface area (Å²) in [4.78, 5) is 14.4. The number of carbonyl (C=O) groups excluding carboxylic acids is 1. The Morgan fingerprint density at radius 1 is 1.40 bits per heavy atom. The van der Waals surface area contributed by atoms with Crippen LogP contribution in [0.2, 0.25) is 0 Å². The number of aromatic nitrogens is 2. The maximum absolute atomic E-state index is 12.5. The topological polar surface area (TPSA) is 81.3 Å². The van der Waals surface area contributed by atoms with Crippen LogP contribution in [0.4, 0.5) is 0 Å². The predicted molar refractivity (Wildman–Crippen MR) is 75.4 cm³/mol. The molecule has 0 atom stereocenters. The average molecular weight is 278 g/mol. The van der Waals surface area contributed by atoms with Crippen LogP contribution >= 0.6 is 0 Å². The van der Waals surface area contributed by atoms with Gasteiger partial charge in [0.15, 0.2) is 0 Å². The van der Waals surface area contributed by atoms with Crippen molar-refractivity contribution in [2.75, 3.05) is 26.2 Å². The van der Waals surface area contributed by atoms with E-state index in [1.54, 1.807) is 0 Å². The Balaban J connectivity index is 1.96. The quantitative estimate of drug-likeness (QED) is 0.875. The van der Waals surface area contributed by atoms with Crippen LogP contribution in [0.25, 0.3) is 0 Å². The number of likely N-dealkylation sites (tertiary alicyclic amines) is 1. The van der Waals surface area contributed by atoms with Crippen molar-refractivity contribution in [3.8, 4) is 0 Å².